The Kier molecular flexibility index (Phi) is 5.19. The number of nitrogens with two attached hydrogens (primary N) is 1. The van der Waals surface area contributed by atoms with E-state index in [2.05, 4.69) is 11.4 Å². The maximum atomic E-state index is 11.8. The first kappa shape index (κ1) is 14.8. The maximum absolute atomic E-state index is 11.8. The predicted molar refractivity (Wildman–Crippen MR) is 76.7 cm³/mol. The normalized spacial score (nSPS) is 10.1. The van der Waals surface area contributed by atoms with Crippen LogP contribution in [-0.4, -0.2) is 25.0 Å². The molecule has 0 atom stereocenters. The molecule has 1 aromatic rings. The minimum absolute atomic E-state index is 0.0568. The van der Waals surface area contributed by atoms with Gasteiger partial charge in [0.05, 0.1) is 29.6 Å². The van der Waals surface area contributed by atoms with Gasteiger partial charge < -0.3 is 16.0 Å². The largest absolute Gasteiger partial charge is 0.397 e. The van der Waals surface area contributed by atoms with Crippen molar-refractivity contribution in [3.8, 4) is 6.07 Å². The molecular formula is C14H20N4O. The molecular weight excluding hydrogens is 240 g/mol. The third kappa shape index (κ3) is 4.18. The number of nitriles is 1. The van der Waals surface area contributed by atoms with Crippen LogP contribution in [0.3, 0.4) is 0 Å². The molecule has 0 saturated heterocycles. The quantitative estimate of drug-likeness (QED) is 0.786. The highest BCUT2D eigenvalue weighted by Crippen LogP contribution is 2.24. The predicted octanol–water partition coefficient (Wildman–Crippen LogP) is 1.49. The van der Waals surface area contributed by atoms with Crippen molar-refractivity contribution in [2.45, 2.75) is 26.8 Å². The summed E-state index contributed by atoms with van der Waals surface area (Å²) in [4.78, 5) is 13.7. The summed E-state index contributed by atoms with van der Waals surface area (Å²) in [6.45, 7) is 6.65. The molecule has 3 N–H and O–H groups in total. The van der Waals surface area contributed by atoms with Crippen LogP contribution in [0.25, 0.3) is 0 Å². The highest BCUT2D eigenvalue weighted by Gasteiger charge is 2.13. The van der Waals surface area contributed by atoms with E-state index in [0.717, 1.165) is 5.69 Å². The molecule has 0 spiro atoms. The van der Waals surface area contributed by atoms with Crippen molar-refractivity contribution >= 4 is 17.3 Å². The monoisotopic (exact) mass is 260 g/mol. The topological polar surface area (TPSA) is 82.2 Å². The zero-order valence-electron chi connectivity index (χ0n) is 11.6. The number of rotatable bonds is 5. The molecule has 1 rings (SSSR count). The number of carbonyl (C=O) groups excluding carboxylic acids is 1. The van der Waals surface area contributed by atoms with Gasteiger partial charge in [0, 0.05) is 12.6 Å². The van der Waals surface area contributed by atoms with E-state index in [-0.39, 0.29) is 18.5 Å². The average molecular weight is 260 g/mol. The number of nitrogens with one attached hydrogen (secondary N) is 1. The Morgan fingerprint density at radius 2 is 2.21 bits per heavy atom. The van der Waals surface area contributed by atoms with Crippen molar-refractivity contribution in [2.75, 3.05) is 23.7 Å². The summed E-state index contributed by atoms with van der Waals surface area (Å²) < 4.78 is 0. The lowest BCUT2D eigenvalue weighted by Gasteiger charge is -2.24. The van der Waals surface area contributed by atoms with Crippen LogP contribution in [-0.2, 0) is 4.79 Å². The molecule has 0 aromatic heterocycles. The Morgan fingerprint density at radius 3 is 2.74 bits per heavy atom. The second-order valence-electron chi connectivity index (χ2n) is 4.62. The molecule has 0 saturated carbocycles. The second-order valence-corrected chi connectivity index (χ2v) is 4.62. The smallest absolute Gasteiger partial charge is 0.239 e. The number of likely N-dealkylation sites (N-methyl/N-ethyl adjacent to an activating group) is 1. The Balaban J connectivity index is 2.91. The first-order valence-electron chi connectivity index (χ1n) is 6.31. The molecule has 1 amide bonds. The van der Waals surface area contributed by atoms with Gasteiger partial charge in [-0.2, -0.15) is 5.26 Å². The standard InChI is InChI=1S/C14H20N4O/c1-4-18(9-14(19)17-10(2)3)13-7-11(8-15)5-6-12(13)16/h5-7,10H,4,9,16H2,1-3H3,(H,17,19). The molecule has 0 unspecified atom stereocenters. The summed E-state index contributed by atoms with van der Waals surface area (Å²) in [5.41, 5.74) is 7.74. The van der Waals surface area contributed by atoms with Crippen LogP contribution in [0, 0.1) is 11.3 Å². The lowest BCUT2D eigenvalue weighted by atomic mass is 10.1. The summed E-state index contributed by atoms with van der Waals surface area (Å²) in [7, 11) is 0. The molecule has 0 aliphatic heterocycles. The number of nitrogens with zero attached hydrogens (tertiary/aromatic N) is 2. The molecule has 1 aromatic carbocycles. The van der Waals surface area contributed by atoms with Gasteiger partial charge in [0.2, 0.25) is 5.91 Å². The molecule has 0 aliphatic carbocycles. The highest BCUT2D eigenvalue weighted by molar-refractivity contribution is 5.83. The summed E-state index contributed by atoms with van der Waals surface area (Å²) >= 11 is 0. The van der Waals surface area contributed by atoms with Crippen LogP contribution >= 0.6 is 0 Å². The maximum Gasteiger partial charge on any atom is 0.239 e. The van der Waals surface area contributed by atoms with Gasteiger partial charge in [0.1, 0.15) is 0 Å². The van der Waals surface area contributed by atoms with E-state index in [4.69, 9.17) is 11.0 Å². The SMILES string of the molecule is CCN(CC(=O)NC(C)C)c1cc(C#N)ccc1N. The Labute approximate surface area is 114 Å². The van der Waals surface area contributed by atoms with E-state index in [0.29, 0.717) is 17.8 Å². The van der Waals surface area contributed by atoms with Gasteiger partial charge in [-0.1, -0.05) is 0 Å². The molecule has 0 fully saturated rings. The van der Waals surface area contributed by atoms with E-state index >= 15 is 0 Å². The van der Waals surface area contributed by atoms with E-state index in [9.17, 15) is 4.79 Å². The van der Waals surface area contributed by atoms with Crippen molar-refractivity contribution in [2.24, 2.45) is 0 Å². The van der Waals surface area contributed by atoms with Crippen LogP contribution in [0.15, 0.2) is 18.2 Å². The minimum atomic E-state index is -0.0568. The fraction of sp³-hybridized carbons (Fsp3) is 0.429. The third-order valence-corrected chi connectivity index (χ3v) is 2.67. The van der Waals surface area contributed by atoms with Gasteiger partial charge >= 0.3 is 0 Å². The number of hydrogen-bond donors (Lipinski definition) is 2. The average Bonchev–Trinajstić information content (AvgIpc) is 2.36. The van der Waals surface area contributed by atoms with Gasteiger partial charge in [0.25, 0.3) is 0 Å². The highest BCUT2D eigenvalue weighted by atomic mass is 16.2. The summed E-state index contributed by atoms with van der Waals surface area (Å²) in [5, 5.41) is 11.8. The second kappa shape index (κ2) is 6.64. The van der Waals surface area contributed by atoms with Crippen LogP contribution < -0.4 is 16.0 Å². The van der Waals surface area contributed by atoms with Crippen molar-refractivity contribution in [1.29, 1.82) is 5.26 Å². The fourth-order valence-electron chi connectivity index (χ4n) is 1.80. The van der Waals surface area contributed by atoms with Gasteiger partial charge in [-0.05, 0) is 39.0 Å². The number of amides is 1. The molecule has 0 heterocycles. The van der Waals surface area contributed by atoms with Crippen molar-refractivity contribution in [3.05, 3.63) is 23.8 Å². The number of carbonyl (C=O) groups is 1. The van der Waals surface area contributed by atoms with Crippen molar-refractivity contribution in [1.82, 2.24) is 5.32 Å². The zero-order valence-corrected chi connectivity index (χ0v) is 11.6. The molecule has 5 heteroatoms. The Bertz CT molecular complexity index is 491. The Morgan fingerprint density at radius 1 is 1.53 bits per heavy atom. The van der Waals surface area contributed by atoms with E-state index < -0.39 is 0 Å². The summed E-state index contributed by atoms with van der Waals surface area (Å²) in [5.74, 6) is -0.0568. The Hall–Kier alpha value is -2.22. The van der Waals surface area contributed by atoms with Crippen molar-refractivity contribution < 1.29 is 4.79 Å². The molecule has 19 heavy (non-hydrogen) atoms. The van der Waals surface area contributed by atoms with Crippen LogP contribution in [0.4, 0.5) is 11.4 Å². The number of nitrogen functional groups attached to an aromatic ring is 1. The van der Waals surface area contributed by atoms with Crippen LogP contribution in [0.5, 0.6) is 0 Å². The van der Waals surface area contributed by atoms with Gasteiger partial charge in [-0.25, -0.2) is 0 Å². The van der Waals surface area contributed by atoms with Gasteiger partial charge in [0.15, 0.2) is 0 Å². The van der Waals surface area contributed by atoms with Gasteiger partial charge in [-0.15, -0.1) is 0 Å². The first-order chi connectivity index (χ1) is 8.97. The van der Waals surface area contributed by atoms with E-state index in [1.165, 1.54) is 0 Å². The zero-order chi connectivity index (χ0) is 14.4. The lowest BCUT2D eigenvalue weighted by Crippen LogP contribution is -2.40. The number of anilines is 2. The van der Waals surface area contributed by atoms with Gasteiger partial charge in [-0.3, -0.25) is 4.79 Å². The molecule has 102 valence electrons. The molecule has 0 radical (unpaired) electrons. The molecule has 0 bridgehead atoms. The lowest BCUT2D eigenvalue weighted by molar-refractivity contribution is -0.120. The van der Waals surface area contributed by atoms with Crippen molar-refractivity contribution in [3.63, 3.8) is 0 Å². The summed E-state index contributed by atoms with van der Waals surface area (Å²) in [6.07, 6.45) is 0. The fourth-order valence-corrected chi connectivity index (χ4v) is 1.80. The van der Waals surface area contributed by atoms with E-state index in [1.807, 2.05) is 25.7 Å². The number of hydrogen-bond acceptors (Lipinski definition) is 4. The summed E-state index contributed by atoms with van der Waals surface area (Å²) in [6, 6.07) is 7.25. The van der Waals surface area contributed by atoms with Crippen LogP contribution in [0.1, 0.15) is 26.3 Å². The third-order valence-electron chi connectivity index (χ3n) is 2.67. The van der Waals surface area contributed by atoms with E-state index in [1.54, 1.807) is 18.2 Å². The molecule has 5 nitrogen and oxygen atoms in total. The first-order valence-corrected chi connectivity index (χ1v) is 6.31. The number of benzene rings is 1. The molecule has 0 aliphatic rings. The van der Waals surface area contributed by atoms with Crippen LogP contribution in [0.2, 0.25) is 0 Å². The minimum Gasteiger partial charge on any atom is -0.397 e.